The Hall–Kier alpha value is -11.2. The summed E-state index contributed by atoms with van der Waals surface area (Å²) >= 11 is 0. The van der Waals surface area contributed by atoms with Gasteiger partial charge in [-0.25, -0.2) is 0 Å². The van der Waals surface area contributed by atoms with Gasteiger partial charge in [0.2, 0.25) is 0 Å². The van der Waals surface area contributed by atoms with E-state index in [4.69, 9.17) is 49.3 Å². The second-order valence-electron chi connectivity index (χ2n) is 17.9. The van der Waals surface area contributed by atoms with Gasteiger partial charge in [-0.05, 0) is 154 Å². The maximum Gasteiger partial charge on any atom is 0.0651 e. The lowest BCUT2D eigenvalue weighted by Gasteiger charge is -2.27. The molecule has 0 amide bonds. The molecule has 0 radical (unpaired) electrons. The van der Waals surface area contributed by atoms with Crippen LogP contribution in [0.15, 0.2) is 339 Å². The van der Waals surface area contributed by atoms with Gasteiger partial charge in [0.1, 0.15) is 0 Å². The van der Waals surface area contributed by atoms with E-state index in [1.165, 1.54) is 0 Å². The number of anilines is 6. The highest BCUT2D eigenvalue weighted by molar-refractivity contribution is 6.12. The lowest BCUT2D eigenvalue weighted by Crippen LogP contribution is -2.10. The molecule has 0 unspecified atom stereocenters. The highest BCUT2D eigenvalue weighted by atomic mass is 15.1. The van der Waals surface area contributed by atoms with Gasteiger partial charge in [-0.1, -0.05) is 218 Å². The molecule has 0 spiro atoms. The molecule has 84 heavy (non-hydrogen) atoms. The zero-order valence-corrected chi connectivity index (χ0v) is 42.7. The maximum absolute atomic E-state index is 9.79. The molecule has 0 aliphatic carbocycles. The molecule has 14 aromatic carbocycles. The zero-order valence-electron chi connectivity index (χ0n) is 86.7. The summed E-state index contributed by atoms with van der Waals surface area (Å²) in [6.07, 6.45) is 0. The quantitative estimate of drug-likeness (QED) is 0.136. The number of rotatable bonds is 10. The predicted molar refractivity (Wildman–Crippen MR) is 357 cm³/mol. The van der Waals surface area contributed by atoms with Crippen LogP contribution in [0.25, 0.3) is 98.8 Å². The van der Waals surface area contributed by atoms with Crippen LogP contribution in [0.5, 0.6) is 0 Å². The maximum atomic E-state index is 9.79. The van der Waals surface area contributed by atoms with Gasteiger partial charge in [0, 0.05) is 66.4 Å². The van der Waals surface area contributed by atoms with Crippen molar-refractivity contribution >= 4 is 99.3 Å². The fraction of sp³-hybridized carbons (Fsp3) is 0. The van der Waals surface area contributed by atoms with E-state index in [0.717, 1.165) is 22.1 Å². The number of aromatic nitrogens is 2. The molecule has 0 N–H and O–H groups in total. The monoisotopic (exact) mass is 1120 g/mol. The van der Waals surface area contributed by atoms with Crippen LogP contribution in [-0.2, 0) is 0 Å². The first kappa shape index (κ1) is 21.9. The molecule has 0 saturated carbocycles. The molecule has 0 aliphatic rings. The number of nitrogens with zero attached hydrogens (tertiary/aromatic N) is 4. The lowest BCUT2D eigenvalue weighted by atomic mass is 10.0. The Morgan fingerprint density at radius 1 is 0.250 bits per heavy atom. The van der Waals surface area contributed by atoms with Gasteiger partial charge in [-0.2, -0.15) is 0 Å². The molecular formula is C80H56N4. The summed E-state index contributed by atoms with van der Waals surface area (Å²) < 4.78 is 392. The van der Waals surface area contributed by atoms with Gasteiger partial charge in [0.15, 0.2) is 0 Å². The van der Waals surface area contributed by atoms with E-state index >= 15 is 0 Å². The molecule has 4 heteroatoms. The zero-order chi connectivity index (χ0) is 94.1. The molecule has 16 aromatic rings. The summed E-state index contributed by atoms with van der Waals surface area (Å²) in [4.78, 5) is 1.12. The van der Waals surface area contributed by atoms with Crippen molar-refractivity contribution in [2.24, 2.45) is 0 Å². The Balaban J connectivity index is 0.000000200. The fourth-order valence-electron chi connectivity index (χ4n) is 9.68. The molecule has 16 rings (SSSR count). The summed E-state index contributed by atoms with van der Waals surface area (Å²) in [6, 6.07) is -18.7. The molecule has 0 fully saturated rings. The van der Waals surface area contributed by atoms with Crippen LogP contribution in [0.2, 0.25) is 0 Å². The van der Waals surface area contributed by atoms with Crippen molar-refractivity contribution in [2.45, 2.75) is 0 Å². The molecule has 0 aliphatic heterocycles. The largest absolute Gasteiger partial charge is 0.310 e. The van der Waals surface area contributed by atoms with Crippen LogP contribution in [0.4, 0.5) is 34.1 Å². The highest BCUT2D eigenvalue weighted by Gasteiger charge is 2.20. The van der Waals surface area contributed by atoms with E-state index < -0.39 is 360 Å². The number of benzene rings is 14. The number of hydrogen-bond donors (Lipinski definition) is 0. The number of hydrogen-bond acceptors (Lipinski definition) is 2. The van der Waals surface area contributed by atoms with Crippen LogP contribution in [-0.4, -0.2) is 9.13 Å². The van der Waals surface area contributed by atoms with Crippen molar-refractivity contribution in [3.8, 4) is 33.6 Å². The van der Waals surface area contributed by atoms with E-state index in [9.17, 15) is 11.0 Å². The van der Waals surface area contributed by atoms with Crippen molar-refractivity contribution in [1.82, 2.24) is 9.13 Å². The summed E-state index contributed by atoms with van der Waals surface area (Å²) in [5, 5.41) is -2.33. The van der Waals surface area contributed by atoms with E-state index in [0.29, 0.717) is 19.8 Å². The average molecular weight is 1120 g/mol. The topological polar surface area (TPSA) is 16.3 Å². The van der Waals surface area contributed by atoms with Crippen LogP contribution in [0, 0.1) is 0 Å². The van der Waals surface area contributed by atoms with Crippen molar-refractivity contribution in [1.29, 1.82) is 0 Å². The van der Waals surface area contributed by atoms with Gasteiger partial charge < -0.3 is 18.9 Å². The predicted octanol–water partition coefficient (Wildman–Crippen LogP) is 22.1. The van der Waals surface area contributed by atoms with Gasteiger partial charge >= 0.3 is 0 Å². The smallest absolute Gasteiger partial charge is 0.0651 e. The first-order valence-electron chi connectivity index (χ1n) is 47.2. The third kappa shape index (κ3) is 9.09. The fourth-order valence-corrected chi connectivity index (χ4v) is 9.68. The molecule has 4 nitrogen and oxygen atoms in total. The SMILES string of the molecule is [2H]c1c([2H])c([2H])c(N(c2c([2H])c([2H])c([2H])c(-c3c([2H])c([2H])c4c(c3[2H])c3c([2H])c([2H])c([2H])c([2H])c3n4-c3c([2H])c([2H])c([2H])c([2H])c3[2H])c2[2H])c2c([2H])c([2H])c([2H])c3c([2H])c([2H])c([2H])c([2H])c23)c([2H])c1[2H].[2H]c1c([2H])c([2H])c(N(c2c([2H])c([2H])c([2H])c(-c3ccc4c(c3)c3ccccc3n4-c3ccccc3)c2[2H])c2c([2H])c([2H])c([2H])c3c([2H])c([2H])c([2H])c([2H])c23)c([2H])c1[2H]. The Labute approximate surface area is 550 Å². The van der Waals surface area contributed by atoms with Crippen molar-refractivity contribution < 1.29 is 60.3 Å². The second-order valence-corrected chi connectivity index (χ2v) is 17.9. The average Bonchev–Trinajstić information content (AvgIpc) is 1.43. The molecule has 2 aromatic heterocycles. The van der Waals surface area contributed by atoms with Gasteiger partial charge in [0.05, 0.1) is 93.8 Å². The van der Waals surface area contributed by atoms with Gasteiger partial charge in [-0.3, -0.25) is 0 Å². The lowest BCUT2D eigenvalue weighted by molar-refractivity contribution is 1.18. The van der Waals surface area contributed by atoms with E-state index in [2.05, 4.69) is 0 Å². The van der Waals surface area contributed by atoms with Gasteiger partial charge in [0.25, 0.3) is 0 Å². The van der Waals surface area contributed by atoms with Gasteiger partial charge in [-0.15, -0.1) is 0 Å². The second kappa shape index (κ2) is 21.7. The first-order chi connectivity index (χ1) is 60.0. The molecule has 396 valence electrons. The van der Waals surface area contributed by atoms with Crippen molar-refractivity contribution in [3.63, 3.8) is 0 Å². The third-order valence-electron chi connectivity index (χ3n) is 13.2. The Kier molecular flexibility index (Phi) is 5.67. The van der Waals surface area contributed by atoms with Crippen LogP contribution in [0.1, 0.15) is 60.3 Å². The minimum absolute atomic E-state index is 0.201. The van der Waals surface area contributed by atoms with Crippen LogP contribution >= 0.6 is 0 Å². The first-order valence-corrected chi connectivity index (χ1v) is 25.2. The Morgan fingerprint density at radius 2 is 0.714 bits per heavy atom. The number of fused-ring (bicyclic) bond motifs is 8. The van der Waals surface area contributed by atoms with Crippen molar-refractivity contribution in [2.75, 3.05) is 9.80 Å². The summed E-state index contributed by atoms with van der Waals surface area (Å²) in [7, 11) is 0. The molecule has 2 heterocycles. The molecule has 0 atom stereocenters. The molecule has 0 saturated heterocycles. The summed E-state index contributed by atoms with van der Waals surface area (Å²) in [5.74, 6) is 0. The standard InChI is InChI=1S/2C40H28N2/c2*1-3-16-32(17-4-1)41(38-24-12-14-29-13-7-8-21-35(29)38)34-20-11-15-30(27-34)31-25-26-40-37(28-31)36-22-9-10-23-39(36)42(40)33-18-5-2-6-19-33/h2*1-28H/i1D,2D,3D,4D,5D,6D,7D,8D,9D,10D,11D,12D,13D,14D,15D,16D,17D,18D,19D,20D,21D,22D,23D,24D,25D,26D,27D,28D;1D,3D,4D,7D,8D,11D,12D,13D,14D,15D,16D,17D,20D,21D,24D,27D. The summed E-state index contributed by atoms with van der Waals surface area (Å²) in [6.45, 7) is 0. The highest BCUT2D eigenvalue weighted by Crippen LogP contribution is 2.44. The van der Waals surface area contributed by atoms with Crippen LogP contribution < -0.4 is 9.80 Å². The normalized spacial score (nSPS) is 18.7. The van der Waals surface area contributed by atoms with Crippen molar-refractivity contribution in [3.05, 3.63) is 339 Å². The molecule has 0 bridgehead atoms. The summed E-state index contributed by atoms with van der Waals surface area (Å²) in [5.41, 5.74) is -6.68. The van der Waals surface area contributed by atoms with Crippen LogP contribution in [0.3, 0.4) is 0 Å². The number of para-hydroxylation sites is 6. The van der Waals surface area contributed by atoms with E-state index in [-0.39, 0.29) is 11.1 Å². The minimum Gasteiger partial charge on any atom is -0.310 e. The third-order valence-corrected chi connectivity index (χ3v) is 13.2. The minimum atomic E-state index is -1.23. The van der Waals surface area contributed by atoms with E-state index in [1.54, 1.807) is 18.2 Å². The Morgan fingerprint density at radius 3 is 1.36 bits per heavy atom. The van der Waals surface area contributed by atoms with E-state index in [1.807, 2.05) is 59.2 Å². The Bertz CT molecular complexity index is 7650. The molecular weight excluding hydrogens is 1020 g/mol.